The highest BCUT2D eigenvalue weighted by Crippen LogP contribution is 2.26. The largest absolute Gasteiger partial charge is 0.330 e. The van der Waals surface area contributed by atoms with Gasteiger partial charge in [-0.25, -0.2) is 0 Å². The molecule has 2 N–H and O–H groups in total. The van der Waals surface area contributed by atoms with E-state index >= 15 is 0 Å². The summed E-state index contributed by atoms with van der Waals surface area (Å²) in [6.07, 6.45) is 2.12. The summed E-state index contributed by atoms with van der Waals surface area (Å²) in [4.78, 5) is 1.38. The molecule has 0 aromatic carbocycles. The van der Waals surface area contributed by atoms with Gasteiger partial charge < -0.3 is 5.73 Å². The number of halogens is 1. The number of hydrogen-bond acceptors (Lipinski definition) is 2. The molecule has 0 amide bonds. The number of rotatable bonds is 3. The third-order valence-electron chi connectivity index (χ3n) is 1.60. The molecule has 1 rings (SSSR count). The molecule has 0 aliphatic carbocycles. The van der Waals surface area contributed by atoms with Crippen LogP contribution in [0.25, 0.3) is 0 Å². The van der Waals surface area contributed by atoms with E-state index < -0.39 is 0 Å². The molecule has 1 aromatic rings. The van der Waals surface area contributed by atoms with E-state index in [4.69, 9.17) is 17.3 Å². The second-order valence-corrected chi connectivity index (χ2v) is 4.32. The minimum atomic E-state index is 0.759. The molecule has 0 radical (unpaired) electrons. The molecule has 0 bridgehead atoms. The van der Waals surface area contributed by atoms with Gasteiger partial charge in [-0.15, -0.1) is 11.3 Å². The van der Waals surface area contributed by atoms with Crippen molar-refractivity contribution < 1.29 is 0 Å². The van der Waals surface area contributed by atoms with Gasteiger partial charge in [-0.3, -0.25) is 0 Å². The molecule has 0 spiro atoms. The van der Waals surface area contributed by atoms with Crippen LogP contribution in [-0.2, 0) is 6.42 Å². The van der Waals surface area contributed by atoms with Gasteiger partial charge in [0.1, 0.15) is 0 Å². The molecule has 0 saturated heterocycles. The Labute approximate surface area is 76.2 Å². The smallest absolute Gasteiger partial charge is 0.0933 e. The van der Waals surface area contributed by atoms with Crippen molar-refractivity contribution in [1.29, 1.82) is 0 Å². The van der Waals surface area contributed by atoms with E-state index in [9.17, 15) is 0 Å². The Morgan fingerprint density at radius 2 is 2.36 bits per heavy atom. The molecule has 1 nitrogen and oxygen atoms in total. The Hall–Kier alpha value is -0.0500. The minimum absolute atomic E-state index is 0.759. The quantitative estimate of drug-likeness (QED) is 0.778. The predicted molar refractivity (Wildman–Crippen MR) is 51.4 cm³/mol. The molecule has 0 fully saturated rings. The van der Waals surface area contributed by atoms with Gasteiger partial charge in [0, 0.05) is 4.88 Å². The summed E-state index contributed by atoms with van der Waals surface area (Å²) in [6.45, 7) is 2.85. The second kappa shape index (κ2) is 4.10. The van der Waals surface area contributed by atoms with Crippen LogP contribution in [0.5, 0.6) is 0 Å². The lowest BCUT2D eigenvalue weighted by Gasteiger charge is -1.95. The molecule has 62 valence electrons. The fraction of sp³-hybridized carbons (Fsp3) is 0.500. The lowest BCUT2D eigenvalue weighted by Crippen LogP contribution is -1.99. The number of nitrogens with two attached hydrogens (primary N) is 1. The zero-order chi connectivity index (χ0) is 8.27. The van der Waals surface area contributed by atoms with Crippen molar-refractivity contribution >= 4 is 22.9 Å². The van der Waals surface area contributed by atoms with Crippen LogP contribution in [-0.4, -0.2) is 6.54 Å². The summed E-state index contributed by atoms with van der Waals surface area (Å²) in [7, 11) is 0. The van der Waals surface area contributed by atoms with Gasteiger partial charge in [0.25, 0.3) is 0 Å². The van der Waals surface area contributed by atoms with Crippen molar-refractivity contribution in [2.24, 2.45) is 5.73 Å². The van der Waals surface area contributed by atoms with Crippen LogP contribution in [0.1, 0.15) is 16.9 Å². The lowest BCUT2D eigenvalue weighted by atomic mass is 10.2. The Balaban J connectivity index is 2.62. The van der Waals surface area contributed by atoms with Crippen molar-refractivity contribution in [2.45, 2.75) is 19.8 Å². The highest BCUT2D eigenvalue weighted by molar-refractivity contribution is 7.16. The van der Waals surface area contributed by atoms with E-state index in [2.05, 4.69) is 6.92 Å². The summed E-state index contributed by atoms with van der Waals surface area (Å²) in [5, 5.41) is 0. The summed E-state index contributed by atoms with van der Waals surface area (Å²) < 4.78 is 0.884. The summed E-state index contributed by atoms with van der Waals surface area (Å²) in [6, 6.07) is 2.01. The minimum Gasteiger partial charge on any atom is -0.330 e. The van der Waals surface area contributed by atoms with E-state index in [-0.39, 0.29) is 0 Å². The zero-order valence-corrected chi connectivity index (χ0v) is 8.13. The van der Waals surface area contributed by atoms with Gasteiger partial charge >= 0.3 is 0 Å². The first kappa shape index (κ1) is 9.04. The Kier molecular flexibility index (Phi) is 3.37. The Morgan fingerprint density at radius 1 is 1.64 bits per heavy atom. The number of aryl methyl sites for hydroxylation is 2. The molecule has 1 heterocycles. The molecule has 0 aliphatic heterocycles. The molecular weight excluding hydrogens is 178 g/mol. The molecular formula is C8H12ClNS. The maximum absolute atomic E-state index is 5.83. The average molecular weight is 190 g/mol. The highest BCUT2D eigenvalue weighted by Gasteiger charge is 2.02. The predicted octanol–water partition coefficient (Wildman–Crippen LogP) is 2.60. The number of hydrogen-bond donors (Lipinski definition) is 1. The third-order valence-corrected chi connectivity index (χ3v) is 3.02. The standard InChI is InChI=1S/C8H12ClNS/c1-6-5-8(9)11-7(6)3-2-4-10/h5H,2-4,10H2,1H3. The van der Waals surface area contributed by atoms with Crippen molar-refractivity contribution in [3.8, 4) is 0 Å². The van der Waals surface area contributed by atoms with Crippen molar-refractivity contribution in [1.82, 2.24) is 0 Å². The summed E-state index contributed by atoms with van der Waals surface area (Å²) in [5.74, 6) is 0. The van der Waals surface area contributed by atoms with Gasteiger partial charge in [-0.05, 0) is 37.9 Å². The maximum atomic E-state index is 5.83. The second-order valence-electron chi connectivity index (χ2n) is 2.55. The number of thiophene rings is 1. The lowest BCUT2D eigenvalue weighted by molar-refractivity contribution is 0.839. The molecule has 0 atom stereocenters. The van der Waals surface area contributed by atoms with E-state index in [0.29, 0.717) is 0 Å². The fourth-order valence-electron chi connectivity index (χ4n) is 0.989. The van der Waals surface area contributed by atoms with Crippen molar-refractivity contribution in [3.05, 3.63) is 20.8 Å². The van der Waals surface area contributed by atoms with Gasteiger partial charge in [0.15, 0.2) is 0 Å². The molecule has 0 unspecified atom stereocenters. The first-order valence-corrected chi connectivity index (χ1v) is 4.88. The van der Waals surface area contributed by atoms with Crippen LogP contribution in [0.4, 0.5) is 0 Å². The van der Waals surface area contributed by atoms with Gasteiger partial charge in [0.05, 0.1) is 4.34 Å². The van der Waals surface area contributed by atoms with Crippen LogP contribution >= 0.6 is 22.9 Å². The van der Waals surface area contributed by atoms with E-state index in [1.807, 2.05) is 6.07 Å². The van der Waals surface area contributed by atoms with E-state index in [1.165, 1.54) is 10.4 Å². The van der Waals surface area contributed by atoms with Gasteiger partial charge in [-0.1, -0.05) is 11.6 Å². The molecule has 0 saturated carbocycles. The van der Waals surface area contributed by atoms with Crippen LogP contribution in [0, 0.1) is 6.92 Å². The van der Waals surface area contributed by atoms with Crippen LogP contribution in [0.2, 0.25) is 4.34 Å². The van der Waals surface area contributed by atoms with Crippen LogP contribution < -0.4 is 5.73 Å². The zero-order valence-electron chi connectivity index (χ0n) is 6.56. The van der Waals surface area contributed by atoms with E-state index in [0.717, 1.165) is 23.7 Å². The first-order valence-electron chi connectivity index (χ1n) is 3.69. The van der Waals surface area contributed by atoms with Gasteiger partial charge in [0.2, 0.25) is 0 Å². The van der Waals surface area contributed by atoms with Gasteiger partial charge in [-0.2, -0.15) is 0 Å². The fourth-order valence-corrected chi connectivity index (χ4v) is 2.37. The highest BCUT2D eigenvalue weighted by atomic mass is 35.5. The van der Waals surface area contributed by atoms with E-state index in [1.54, 1.807) is 11.3 Å². The Morgan fingerprint density at radius 3 is 2.82 bits per heavy atom. The average Bonchev–Trinajstić information content (AvgIpc) is 2.26. The summed E-state index contributed by atoms with van der Waals surface area (Å²) in [5.41, 5.74) is 6.70. The summed E-state index contributed by atoms with van der Waals surface area (Å²) >= 11 is 7.50. The van der Waals surface area contributed by atoms with Crippen LogP contribution in [0.3, 0.4) is 0 Å². The monoisotopic (exact) mass is 189 g/mol. The molecule has 11 heavy (non-hydrogen) atoms. The normalized spacial score (nSPS) is 10.5. The van der Waals surface area contributed by atoms with Crippen molar-refractivity contribution in [2.75, 3.05) is 6.54 Å². The topological polar surface area (TPSA) is 26.0 Å². The maximum Gasteiger partial charge on any atom is 0.0933 e. The van der Waals surface area contributed by atoms with Crippen LogP contribution in [0.15, 0.2) is 6.07 Å². The molecule has 0 aliphatic rings. The Bertz CT molecular complexity index is 232. The third kappa shape index (κ3) is 2.47. The first-order chi connectivity index (χ1) is 5.24. The molecule has 3 heteroatoms. The van der Waals surface area contributed by atoms with Crippen molar-refractivity contribution in [3.63, 3.8) is 0 Å². The SMILES string of the molecule is Cc1cc(Cl)sc1CCCN. The molecule has 1 aromatic heterocycles.